The molecule has 0 aromatic rings. The van der Waals surface area contributed by atoms with Crippen LogP contribution in [-0.4, -0.2) is 24.9 Å². The van der Waals surface area contributed by atoms with Gasteiger partial charge in [0.15, 0.2) is 5.79 Å². The molecule has 5 rings (SSSR count). The zero-order chi connectivity index (χ0) is 14.7. The Balaban J connectivity index is 1.42. The molecule has 22 heavy (non-hydrogen) atoms. The number of piperidine rings is 1. The van der Waals surface area contributed by atoms with E-state index in [1.54, 1.807) is 0 Å². The number of amides is 1. The van der Waals surface area contributed by atoms with Crippen molar-refractivity contribution in [3.05, 3.63) is 11.8 Å². The topological polar surface area (TPSA) is 47.6 Å². The summed E-state index contributed by atoms with van der Waals surface area (Å²) in [4.78, 5) is 11.6. The van der Waals surface area contributed by atoms with Gasteiger partial charge in [0.2, 0.25) is 5.91 Å². The molecule has 5 aliphatic rings. The maximum absolute atomic E-state index is 11.6. The smallest absolute Gasteiger partial charge is 0.224 e. The van der Waals surface area contributed by atoms with Crippen LogP contribution in [0.2, 0.25) is 0 Å². The van der Waals surface area contributed by atoms with E-state index in [0.717, 1.165) is 50.2 Å². The number of carbonyl (C=O) groups excluding carboxylic acids is 1. The molecule has 0 bridgehead atoms. The summed E-state index contributed by atoms with van der Waals surface area (Å²) < 4.78 is 12.2. The normalized spacial score (nSPS) is 45.7. The number of fused-ring (bicyclic) bond motifs is 6. The third-order valence-corrected chi connectivity index (χ3v) is 7.09. The van der Waals surface area contributed by atoms with Crippen LogP contribution in [0.4, 0.5) is 0 Å². The van der Waals surface area contributed by atoms with Gasteiger partial charge in [0.25, 0.3) is 0 Å². The summed E-state index contributed by atoms with van der Waals surface area (Å²) in [7, 11) is 0. The van der Waals surface area contributed by atoms with Gasteiger partial charge in [-0.2, -0.15) is 0 Å². The fourth-order valence-electron chi connectivity index (χ4n) is 6.28. The lowest BCUT2D eigenvalue weighted by Crippen LogP contribution is -2.48. The quantitative estimate of drug-likeness (QED) is 0.748. The highest BCUT2D eigenvalue weighted by Gasteiger charge is 2.58. The minimum Gasteiger partial charge on any atom is -0.347 e. The van der Waals surface area contributed by atoms with Crippen molar-refractivity contribution in [3.63, 3.8) is 0 Å². The molecule has 4 heteroatoms. The number of hydrogen-bond acceptors (Lipinski definition) is 3. The third kappa shape index (κ3) is 1.80. The minimum atomic E-state index is -0.236. The molecule has 4 fully saturated rings. The molecule has 5 unspecified atom stereocenters. The zero-order valence-electron chi connectivity index (χ0n) is 13.1. The second kappa shape index (κ2) is 4.81. The van der Waals surface area contributed by atoms with Crippen molar-refractivity contribution in [2.75, 3.05) is 13.2 Å². The molecule has 2 aliphatic heterocycles. The lowest BCUT2D eigenvalue weighted by atomic mass is 9.58. The Morgan fingerprint density at radius 2 is 1.91 bits per heavy atom. The van der Waals surface area contributed by atoms with Crippen molar-refractivity contribution in [2.45, 2.75) is 50.7 Å². The van der Waals surface area contributed by atoms with Crippen LogP contribution in [0, 0.1) is 29.6 Å². The van der Waals surface area contributed by atoms with E-state index in [4.69, 9.17) is 9.47 Å². The summed E-state index contributed by atoms with van der Waals surface area (Å²) in [5.74, 6) is 3.46. The highest BCUT2D eigenvalue weighted by Crippen LogP contribution is 2.59. The van der Waals surface area contributed by atoms with E-state index in [2.05, 4.69) is 11.4 Å². The SMILES string of the molecule is O=C1CCC2C(=CCC3C2CCC2C3CCC23OCCO3)N1. The Kier molecular flexibility index (Phi) is 2.97. The van der Waals surface area contributed by atoms with E-state index in [1.807, 2.05) is 0 Å². The zero-order valence-corrected chi connectivity index (χ0v) is 13.1. The molecule has 4 nitrogen and oxygen atoms in total. The fourth-order valence-corrected chi connectivity index (χ4v) is 6.28. The van der Waals surface area contributed by atoms with Gasteiger partial charge in [-0.05, 0) is 49.9 Å². The lowest BCUT2D eigenvalue weighted by Gasteiger charge is -2.49. The molecule has 1 amide bonds. The molecule has 0 aromatic carbocycles. The average molecular weight is 303 g/mol. The van der Waals surface area contributed by atoms with E-state index in [-0.39, 0.29) is 11.7 Å². The fraction of sp³-hybridized carbons (Fsp3) is 0.833. The van der Waals surface area contributed by atoms with E-state index in [0.29, 0.717) is 18.3 Å². The summed E-state index contributed by atoms with van der Waals surface area (Å²) in [5.41, 5.74) is 1.23. The molecule has 1 N–H and O–H groups in total. The van der Waals surface area contributed by atoms with Crippen molar-refractivity contribution in [1.29, 1.82) is 0 Å². The number of carbonyl (C=O) groups is 1. The Morgan fingerprint density at radius 1 is 1.05 bits per heavy atom. The number of hydrogen-bond donors (Lipinski definition) is 1. The lowest BCUT2D eigenvalue weighted by molar-refractivity contribution is -0.197. The van der Waals surface area contributed by atoms with Crippen molar-refractivity contribution in [3.8, 4) is 0 Å². The molecule has 2 saturated heterocycles. The summed E-state index contributed by atoms with van der Waals surface area (Å²) in [6.07, 6.45) is 10.1. The van der Waals surface area contributed by atoms with Gasteiger partial charge in [0.1, 0.15) is 0 Å². The molecular weight excluding hydrogens is 278 g/mol. The second-order valence-electron chi connectivity index (χ2n) is 7.81. The number of ether oxygens (including phenoxy) is 2. The average Bonchev–Trinajstić information content (AvgIpc) is 3.15. The Morgan fingerprint density at radius 3 is 2.77 bits per heavy atom. The highest BCUT2D eigenvalue weighted by atomic mass is 16.7. The van der Waals surface area contributed by atoms with Crippen LogP contribution < -0.4 is 5.32 Å². The van der Waals surface area contributed by atoms with Crippen LogP contribution in [0.1, 0.15) is 44.9 Å². The third-order valence-electron chi connectivity index (χ3n) is 7.09. The van der Waals surface area contributed by atoms with E-state index in [9.17, 15) is 4.79 Å². The van der Waals surface area contributed by atoms with Crippen LogP contribution in [0.3, 0.4) is 0 Å². The van der Waals surface area contributed by atoms with Crippen molar-refractivity contribution < 1.29 is 14.3 Å². The largest absolute Gasteiger partial charge is 0.347 e. The first-order chi connectivity index (χ1) is 10.8. The first-order valence-electron chi connectivity index (χ1n) is 9.05. The van der Waals surface area contributed by atoms with Crippen molar-refractivity contribution in [1.82, 2.24) is 5.32 Å². The van der Waals surface area contributed by atoms with E-state index >= 15 is 0 Å². The maximum atomic E-state index is 11.6. The predicted octanol–water partition coefficient (Wildman–Crippen LogP) is 2.60. The minimum absolute atomic E-state index is 0.210. The first kappa shape index (κ1) is 13.6. The van der Waals surface area contributed by atoms with Crippen LogP contribution in [-0.2, 0) is 14.3 Å². The summed E-state index contributed by atoms with van der Waals surface area (Å²) >= 11 is 0. The Hall–Kier alpha value is -0.870. The molecule has 2 saturated carbocycles. The summed E-state index contributed by atoms with van der Waals surface area (Å²) in [5, 5.41) is 3.13. The predicted molar refractivity (Wildman–Crippen MR) is 80.6 cm³/mol. The molecule has 0 aromatic heterocycles. The number of rotatable bonds is 0. The van der Waals surface area contributed by atoms with Crippen molar-refractivity contribution >= 4 is 5.91 Å². The molecule has 0 radical (unpaired) electrons. The van der Waals surface area contributed by atoms with Gasteiger partial charge < -0.3 is 14.8 Å². The van der Waals surface area contributed by atoms with Crippen LogP contribution in [0.5, 0.6) is 0 Å². The molecule has 5 atom stereocenters. The summed E-state index contributed by atoms with van der Waals surface area (Å²) in [6.45, 7) is 1.55. The van der Waals surface area contributed by atoms with E-state index < -0.39 is 0 Å². The highest BCUT2D eigenvalue weighted by molar-refractivity contribution is 5.79. The van der Waals surface area contributed by atoms with Crippen LogP contribution >= 0.6 is 0 Å². The van der Waals surface area contributed by atoms with E-state index in [1.165, 1.54) is 25.0 Å². The summed E-state index contributed by atoms with van der Waals surface area (Å²) in [6, 6.07) is 0. The first-order valence-corrected chi connectivity index (χ1v) is 9.05. The molecule has 1 spiro atoms. The second-order valence-corrected chi connectivity index (χ2v) is 7.81. The van der Waals surface area contributed by atoms with Gasteiger partial charge >= 0.3 is 0 Å². The monoisotopic (exact) mass is 303 g/mol. The molecule has 2 heterocycles. The van der Waals surface area contributed by atoms with Gasteiger partial charge in [0.05, 0.1) is 13.2 Å². The standard InChI is InChI=1S/C18H25NO3/c20-17-6-3-14-12-1-4-15-13(11(12)2-5-16(14)19-17)7-8-18(15)21-9-10-22-18/h5,11-15H,1-4,6-10H2,(H,19,20). The maximum Gasteiger partial charge on any atom is 0.224 e. The van der Waals surface area contributed by atoms with Gasteiger partial charge in [-0.1, -0.05) is 6.08 Å². The van der Waals surface area contributed by atoms with Crippen molar-refractivity contribution in [2.24, 2.45) is 29.6 Å². The number of nitrogens with one attached hydrogen (secondary N) is 1. The van der Waals surface area contributed by atoms with Crippen LogP contribution in [0.15, 0.2) is 11.8 Å². The van der Waals surface area contributed by atoms with Crippen LogP contribution in [0.25, 0.3) is 0 Å². The number of allylic oxidation sites excluding steroid dienone is 2. The van der Waals surface area contributed by atoms with Gasteiger partial charge in [-0.15, -0.1) is 0 Å². The Labute approximate surface area is 131 Å². The molecule has 3 aliphatic carbocycles. The van der Waals surface area contributed by atoms with Gasteiger partial charge in [-0.25, -0.2) is 0 Å². The Bertz CT molecular complexity index is 522. The van der Waals surface area contributed by atoms with Gasteiger partial charge in [0, 0.05) is 30.4 Å². The van der Waals surface area contributed by atoms with Gasteiger partial charge in [-0.3, -0.25) is 4.79 Å². The molecule has 120 valence electrons. The molecular formula is C18H25NO3.